The van der Waals surface area contributed by atoms with Crippen molar-refractivity contribution in [1.29, 1.82) is 0 Å². The molecule has 1 amide bonds. The van der Waals surface area contributed by atoms with E-state index in [0.717, 1.165) is 44.0 Å². The molecule has 8 heteroatoms. The lowest BCUT2D eigenvalue weighted by Gasteiger charge is -2.06. The van der Waals surface area contributed by atoms with Gasteiger partial charge >= 0.3 is 0 Å². The van der Waals surface area contributed by atoms with E-state index in [1.54, 1.807) is 18.6 Å². The Morgan fingerprint density at radius 2 is 1.73 bits per heavy atom. The van der Waals surface area contributed by atoms with Crippen molar-refractivity contribution < 1.29 is 9.53 Å². The fourth-order valence-electron chi connectivity index (χ4n) is 3.31. The van der Waals surface area contributed by atoms with Crippen LogP contribution in [0.1, 0.15) is 6.92 Å². The summed E-state index contributed by atoms with van der Waals surface area (Å²) in [5.41, 5.74) is 2.62. The molecule has 2 aromatic carbocycles. The van der Waals surface area contributed by atoms with E-state index in [0.29, 0.717) is 5.82 Å². The molecule has 0 fully saturated rings. The number of nitrogens with one attached hydrogen (secondary N) is 2. The van der Waals surface area contributed by atoms with Gasteiger partial charge in [0.1, 0.15) is 28.1 Å². The Hall–Kier alpha value is -4.30. The van der Waals surface area contributed by atoms with Crippen molar-refractivity contribution in [3.05, 3.63) is 85.3 Å². The highest BCUT2D eigenvalue weighted by atomic mass is 32.1. The fraction of sp³-hybridized carbons (Fsp3) is 0.0400. The average Bonchev–Trinajstić information content (AvgIpc) is 3.50. The number of hydrogen-bond acceptors (Lipinski definition) is 6. The smallest absolute Gasteiger partial charge is 0.222 e. The Kier molecular flexibility index (Phi) is 5.65. The van der Waals surface area contributed by atoms with Crippen LogP contribution in [0.2, 0.25) is 0 Å². The van der Waals surface area contributed by atoms with Gasteiger partial charge in [0, 0.05) is 36.6 Å². The van der Waals surface area contributed by atoms with Gasteiger partial charge in [-0.1, -0.05) is 18.2 Å². The molecule has 0 unspecified atom stereocenters. The summed E-state index contributed by atoms with van der Waals surface area (Å²) in [7, 11) is 0. The molecule has 0 atom stereocenters. The van der Waals surface area contributed by atoms with E-state index in [1.807, 2.05) is 66.7 Å². The molecule has 0 saturated carbocycles. The van der Waals surface area contributed by atoms with Crippen LogP contribution < -0.4 is 10.1 Å². The number of imidazole rings is 1. The van der Waals surface area contributed by atoms with Crippen molar-refractivity contribution >= 4 is 23.1 Å². The SMILES string of the molecule is CC(=O)Nc1cc(-c2nc(-c3ccc(Oc4ccccc4)cc3)c(-c3ncc[nH]3)s2)ccn1. The molecular formula is C25H19N5O2S. The quantitative estimate of drug-likeness (QED) is 0.328. The zero-order chi connectivity index (χ0) is 22.6. The molecule has 0 radical (unpaired) electrons. The molecule has 33 heavy (non-hydrogen) atoms. The van der Waals surface area contributed by atoms with Crippen LogP contribution in [0, 0.1) is 0 Å². The molecule has 7 nitrogen and oxygen atoms in total. The fourth-order valence-corrected chi connectivity index (χ4v) is 4.35. The first-order valence-electron chi connectivity index (χ1n) is 10.2. The van der Waals surface area contributed by atoms with Crippen LogP contribution in [-0.2, 0) is 4.79 Å². The molecule has 0 spiro atoms. The molecule has 2 N–H and O–H groups in total. The predicted molar refractivity (Wildman–Crippen MR) is 129 cm³/mol. The largest absolute Gasteiger partial charge is 0.457 e. The van der Waals surface area contributed by atoms with Crippen molar-refractivity contribution in [3.63, 3.8) is 0 Å². The summed E-state index contributed by atoms with van der Waals surface area (Å²) in [5.74, 6) is 2.58. The second-order valence-electron chi connectivity index (χ2n) is 7.18. The summed E-state index contributed by atoms with van der Waals surface area (Å²) in [5, 5.41) is 3.52. The highest BCUT2D eigenvalue weighted by Crippen LogP contribution is 2.40. The van der Waals surface area contributed by atoms with E-state index in [-0.39, 0.29) is 5.91 Å². The van der Waals surface area contributed by atoms with E-state index in [1.165, 1.54) is 18.3 Å². The van der Waals surface area contributed by atoms with Crippen LogP contribution in [0.15, 0.2) is 85.3 Å². The summed E-state index contributed by atoms with van der Waals surface area (Å²) in [6, 6.07) is 21.2. The second-order valence-corrected chi connectivity index (χ2v) is 8.18. The molecule has 3 aromatic heterocycles. The van der Waals surface area contributed by atoms with Crippen molar-refractivity contribution in [3.8, 4) is 44.0 Å². The number of H-pyrrole nitrogens is 1. The minimum Gasteiger partial charge on any atom is -0.457 e. The summed E-state index contributed by atoms with van der Waals surface area (Å²) in [4.78, 5) is 29.1. The molecule has 3 heterocycles. The van der Waals surface area contributed by atoms with Crippen molar-refractivity contribution in [2.45, 2.75) is 6.92 Å². The first-order chi connectivity index (χ1) is 16.2. The summed E-state index contributed by atoms with van der Waals surface area (Å²) < 4.78 is 5.91. The van der Waals surface area contributed by atoms with Gasteiger partial charge in [-0.2, -0.15) is 0 Å². The number of pyridine rings is 1. The van der Waals surface area contributed by atoms with Crippen LogP contribution in [0.25, 0.3) is 32.5 Å². The van der Waals surface area contributed by atoms with Gasteiger partial charge in [-0.25, -0.2) is 15.0 Å². The van der Waals surface area contributed by atoms with E-state index in [2.05, 4.69) is 20.3 Å². The van der Waals surface area contributed by atoms with Crippen LogP contribution >= 0.6 is 11.3 Å². The number of benzene rings is 2. The first kappa shape index (κ1) is 20.6. The molecule has 5 aromatic rings. The minimum atomic E-state index is -0.173. The highest BCUT2D eigenvalue weighted by Gasteiger charge is 2.18. The molecule has 0 aliphatic carbocycles. The third-order valence-corrected chi connectivity index (χ3v) is 5.87. The summed E-state index contributed by atoms with van der Waals surface area (Å²) in [6.45, 7) is 1.45. The van der Waals surface area contributed by atoms with Gasteiger partial charge in [0.25, 0.3) is 0 Å². The number of amides is 1. The summed E-state index contributed by atoms with van der Waals surface area (Å²) >= 11 is 1.52. The maximum atomic E-state index is 11.4. The number of ether oxygens (including phenoxy) is 1. The molecule has 0 saturated heterocycles. The van der Waals surface area contributed by atoms with E-state index in [4.69, 9.17) is 9.72 Å². The lowest BCUT2D eigenvalue weighted by atomic mass is 10.1. The lowest BCUT2D eigenvalue weighted by Crippen LogP contribution is -2.07. The molecule has 162 valence electrons. The normalized spacial score (nSPS) is 10.7. The number of aromatic nitrogens is 4. The third-order valence-electron chi connectivity index (χ3n) is 4.76. The molecule has 0 aliphatic heterocycles. The van der Waals surface area contributed by atoms with Crippen LogP contribution in [-0.4, -0.2) is 25.8 Å². The number of hydrogen-bond donors (Lipinski definition) is 2. The van der Waals surface area contributed by atoms with Gasteiger partial charge in [-0.05, 0) is 48.5 Å². The lowest BCUT2D eigenvalue weighted by molar-refractivity contribution is -0.114. The van der Waals surface area contributed by atoms with Gasteiger partial charge in [0.2, 0.25) is 5.91 Å². The molecule has 5 rings (SSSR count). The van der Waals surface area contributed by atoms with Gasteiger partial charge in [0.05, 0.1) is 10.6 Å². The minimum absolute atomic E-state index is 0.173. The monoisotopic (exact) mass is 453 g/mol. The van der Waals surface area contributed by atoms with E-state index < -0.39 is 0 Å². The van der Waals surface area contributed by atoms with E-state index in [9.17, 15) is 4.79 Å². The maximum absolute atomic E-state index is 11.4. The van der Waals surface area contributed by atoms with Crippen LogP contribution in [0.5, 0.6) is 11.5 Å². The van der Waals surface area contributed by atoms with Crippen LogP contribution in [0.3, 0.4) is 0 Å². The van der Waals surface area contributed by atoms with Gasteiger partial charge < -0.3 is 15.0 Å². The van der Waals surface area contributed by atoms with Crippen molar-refractivity contribution in [2.24, 2.45) is 0 Å². The molecule has 0 bridgehead atoms. The zero-order valence-electron chi connectivity index (χ0n) is 17.6. The highest BCUT2D eigenvalue weighted by molar-refractivity contribution is 7.18. The van der Waals surface area contributed by atoms with Crippen molar-refractivity contribution in [1.82, 2.24) is 19.9 Å². The summed E-state index contributed by atoms with van der Waals surface area (Å²) in [6.07, 6.45) is 5.16. The first-order valence-corrected chi connectivity index (χ1v) is 11.1. The molecular weight excluding hydrogens is 434 g/mol. The average molecular weight is 454 g/mol. The number of carbonyl (C=O) groups excluding carboxylic acids is 1. The molecule has 0 aliphatic rings. The standard InChI is InChI=1S/C25H19N5O2S/c1-16(31)29-21-15-18(11-12-26-21)25-30-22(23(33-25)24-27-13-14-28-24)17-7-9-20(10-8-17)32-19-5-3-2-4-6-19/h2-15H,1H3,(H,27,28)(H,26,29,31). The number of thiazole rings is 1. The van der Waals surface area contributed by atoms with Gasteiger partial charge in [-0.15, -0.1) is 11.3 Å². The number of para-hydroxylation sites is 1. The number of rotatable bonds is 6. The Morgan fingerprint density at radius 1 is 0.939 bits per heavy atom. The Bertz CT molecular complexity index is 1380. The third kappa shape index (κ3) is 4.65. The Balaban J connectivity index is 1.51. The van der Waals surface area contributed by atoms with E-state index >= 15 is 0 Å². The predicted octanol–water partition coefficient (Wildman–Crippen LogP) is 6.01. The Labute approximate surface area is 194 Å². The van der Waals surface area contributed by atoms with Gasteiger partial charge in [-0.3, -0.25) is 4.79 Å². The van der Waals surface area contributed by atoms with Crippen molar-refractivity contribution in [2.75, 3.05) is 5.32 Å². The topological polar surface area (TPSA) is 92.8 Å². The number of anilines is 1. The van der Waals surface area contributed by atoms with Gasteiger partial charge in [0.15, 0.2) is 0 Å². The number of nitrogens with zero attached hydrogens (tertiary/aromatic N) is 3. The number of carbonyl (C=O) groups is 1. The zero-order valence-corrected chi connectivity index (χ0v) is 18.5. The number of aromatic amines is 1. The Morgan fingerprint density at radius 3 is 2.45 bits per heavy atom. The maximum Gasteiger partial charge on any atom is 0.222 e. The van der Waals surface area contributed by atoms with Crippen LogP contribution in [0.4, 0.5) is 5.82 Å². The second kappa shape index (κ2) is 9.05.